The quantitative estimate of drug-likeness (QED) is 0.262. The Morgan fingerprint density at radius 1 is 0.892 bits per heavy atom. The lowest BCUT2D eigenvalue weighted by atomic mass is 9.90. The number of imidazole rings is 1. The number of carbonyl (C=O) groups is 2. The van der Waals surface area contributed by atoms with Gasteiger partial charge in [-0.25, -0.2) is 14.1 Å². The van der Waals surface area contributed by atoms with E-state index in [1.165, 1.54) is 41.1 Å². The van der Waals surface area contributed by atoms with E-state index >= 15 is 0 Å². The van der Waals surface area contributed by atoms with Crippen LogP contribution >= 0.6 is 0 Å². The Hall–Kier alpha value is -5.32. The van der Waals surface area contributed by atoms with E-state index in [1.54, 1.807) is 47.2 Å². The van der Waals surface area contributed by atoms with Crippen molar-refractivity contribution in [3.8, 4) is 17.1 Å². The Bertz CT molecular complexity index is 1720. The zero-order valence-corrected chi connectivity index (χ0v) is 18.9. The molecule has 0 N–H and O–H groups in total. The SMILES string of the molecule is O=C1c2ccccc2C(=O)c2c1nc(-c1ccc(F)cc1)n2Cc1cn(-c2ccc([N+](=O)[O-])cc2)nn1. The molecular formula is C26H15FN6O4. The van der Waals surface area contributed by atoms with E-state index in [0.717, 1.165) is 0 Å². The smallest absolute Gasteiger partial charge is 0.269 e. The van der Waals surface area contributed by atoms with Crippen LogP contribution in [0.25, 0.3) is 17.1 Å². The summed E-state index contributed by atoms with van der Waals surface area (Å²) < 4.78 is 16.7. The maximum atomic E-state index is 13.6. The van der Waals surface area contributed by atoms with Gasteiger partial charge in [0.2, 0.25) is 11.6 Å². The molecule has 0 spiro atoms. The molecule has 2 heterocycles. The van der Waals surface area contributed by atoms with Gasteiger partial charge >= 0.3 is 0 Å². The van der Waals surface area contributed by atoms with Gasteiger partial charge in [-0.2, -0.15) is 0 Å². The van der Waals surface area contributed by atoms with Crippen LogP contribution in [-0.4, -0.2) is 41.0 Å². The normalized spacial score (nSPS) is 12.4. The topological polar surface area (TPSA) is 126 Å². The van der Waals surface area contributed by atoms with Crippen molar-refractivity contribution in [1.82, 2.24) is 24.5 Å². The molecule has 10 nitrogen and oxygen atoms in total. The molecule has 0 bridgehead atoms. The molecule has 11 heteroatoms. The third-order valence-electron chi connectivity index (χ3n) is 6.10. The lowest BCUT2D eigenvalue weighted by Crippen LogP contribution is -2.23. The number of nitrogens with zero attached hydrogens (tertiary/aromatic N) is 6. The van der Waals surface area contributed by atoms with E-state index in [4.69, 9.17) is 0 Å². The van der Waals surface area contributed by atoms with Crippen LogP contribution in [0, 0.1) is 15.9 Å². The molecule has 0 fully saturated rings. The summed E-state index contributed by atoms with van der Waals surface area (Å²) in [6.07, 6.45) is 1.62. The number of rotatable bonds is 5. The minimum atomic E-state index is -0.494. The Labute approximate surface area is 207 Å². The summed E-state index contributed by atoms with van der Waals surface area (Å²) in [4.78, 5) is 41.7. The van der Waals surface area contributed by atoms with E-state index in [-0.39, 0.29) is 46.3 Å². The van der Waals surface area contributed by atoms with Gasteiger partial charge in [-0.15, -0.1) is 5.10 Å². The van der Waals surface area contributed by atoms with Crippen LogP contribution in [0.5, 0.6) is 0 Å². The molecule has 0 radical (unpaired) electrons. The Balaban J connectivity index is 1.45. The van der Waals surface area contributed by atoms with Crippen molar-refractivity contribution in [3.63, 3.8) is 0 Å². The van der Waals surface area contributed by atoms with Gasteiger partial charge in [0.15, 0.2) is 0 Å². The zero-order valence-electron chi connectivity index (χ0n) is 18.9. The van der Waals surface area contributed by atoms with Gasteiger partial charge in [-0.1, -0.05) is 29.5 Å². The minimum Gasteiger partial charge on any atom is -0.314 e. The van der Waals surface area contributed by atoms with E-state index in [9.17, 15) is 24.1 Å². The molecule has 3 aromatic carbocycles. The molecule has 37 heavy (non-hydrogen) atoms. The van der Waals surface area contributed by atoms with Crippen molar-refractivity contribution < 1.29 is 18.9 Å². The molecule has 0 amide bonds. The third-order valence-corrected chi connectivity index (χ3v) is 6.10. The molecule has 1 aliphatic rings. The van der Waals surface area contributed by atoms with Crippen molar-refractivity contribution in [2.45, 2.75) is 6.54 Å². The average molecular weight is 494 g/mol. The van der Waals surface area contributed by atoms with Gasteiger partial charge in [0.25, 0.3) is 5.69 Å². The Morgan fingerprint density at radius 2 is 1.57 bits per heavy atom. The van der Waals surface area contributed by atoms with Crippen LogP contribution in [0.4, 0.5) is 10.1 Å². The number of aromatic nitrogens is 5. The van der Waals surface area contributed by atoms with Crippen molar-refractivity contribution in [3.05, 3.63) is 123 Å². The highest BCUT2D eigenvalue weighted by Gasteiger charge is 2.36. The summed E-state index contributed by atoms with van der Waals surface area (Å²) in [7, 11) is 0. The minimum absolute atomic E-state index is 0.0192. The first-order chi connectivity index (χ1) is 17.9. The highest BCUT2D eigenvalue weighted by molar-refractivity contribution is 6.27. The molecule has 0 atom stereocenters. The van der Waals surface area contributed by atoms with Gasteiger partial charge in [-0.3, -0.25) is 19.7 Å². The number of hydrogen-bond acceptors (Lipinski definition) is 7. The third kappa shape index (κ3) is 3.69. The maximum absolute atomic E-state index is 13.6. The molecule has 0 saturated heterocycles. The molecule has 0 aliphatic heterocycles. The molecule has 6 rings (SSSR count). The van der Waals surface area contributed by atoms with Crippen LogP contribution in [0.15, 0.2) is 79.0 Å². The lowest BCUT2D eigenvalue weighted by Gasteiger charge is -2.16. The van der Waals surface area contributed by atoms with Crippen LogP contribution in [0.1, 0.15) is 37.8 Å². The fourth-order valence-electron chi connectivity index (χ4n) is 4.34. The number of hydrogen-bond donors (Lipinski definition) is 0. The zero-order chi connectivity index (χ0) is 25.7. The summed E-state index contributed by atoms with van der Waals surface area (Å²) in [6, 6.07) is 17.9. The Kier molecular flexibility index (Phi) is 5.04. The predicted molar refractivity (Wildman–Crippen MR) is 128 cm³/mol. The van der Waals surface area contributed by atoms with E-state index in [0.29, 0.717) is 22.8 Å². The second-order valence-corrected chi connectivity index (χ2v) is 8.36. The maximum Gasteiger partial charge on any atom is 0.269 e. The van der Waals surface area contributed by atoms with E-state index < -0.39 is 10.7 Å². The second kappa shape index (κ2) is 8.41. The van der Waals surface area contributed by atoms with Crippen LogP contribution in [0.3, 0.4) is 0 Å². The molecule has 0 unspecified atom stereocenters. The standard InChI is InChI=1S/C26H15FN6O4/c27-16-7-5-15(6-8-16)26-28-22-23(25(35)21-4-2-1-3-20(21)24(22)34)31(26)13-17-14-32(30-29-17)18-9-11-19(12-10-18)33(36)37/h1-12,14H,13H2. The number of fused-ring (bicyclic) bond motifs is 2. The number of nitro benzene ring substituents is 1. The number of carbonyl (C=O) groups excluding carboxylic acids is 2. The monoisotopic (exact) mass is 494 g/mol. The predicted octanol–water partition coefficient (Wildman–Crippen LogP) is 4.00. The number of non-ortho nitro benzene ring substituents is 1. The first-order valence-corrected chi connectivity index (χ1v) is 11.1. The van der Waals surface area contributed by atoms with Gasteiger partial charge < -0.3 is 4.57 Å². The number of benzene rings is 3. The van der Waals surface area contributed by atoms with Gasteiger partial charge in [0.1, 0.15) is 28.7 Å². The second-order valence-electron chi connectivity index (χ2n) is 8.36. The average Bonchev–Trinajstić information content (AvgIpc) is 3.54. The molecule has 5 aromatic rings. The van der Waals surface area contributed by atoms with Crippen LogP contribution in [0.2, 0.25) is 0 Å². The molecule has 180 valence electrons. The lowest BCUT2D eigenvalue weighted by molar-refractivity contribution is -0.384. The fourth-order valence-corrected chi connectivity index (χ4v) is 4.34. The summed E-state index contributed by atoms with van der Waals surface area (Å²) in [6.45, 7) is 0.0449. The van der Waals surface area contributed by atoms with Crippen molar-refractivity contribution >= 4 is 17.3 Å². The van der Waals surface area contributed by atoms with Crippen molar-refractivity contribution in [1.29, 1.82) is 0 Å². The van der Waals surface area contributed by atoms with Gasteiger partial charge in [-0.05, 0) is 36.4 Å². The molecule has 2 aromatic heterocycles. The van der Waals surface area contributed by atoms with Crippen LogP contribution < -0.4 is 0 Å². The summed E-state index contributed by atoms with van der Waals surface area (Å²) in [5.74, 6) is -0.850. The number of nitro groups is 1. The first kappa shape index (κ1) is 22.2. The first-order valence-electron chi connectivity index (χ1n) is 11.1. The number of halogens is 1. The van der Waals surface area contributed by atoms with Crippen molar-refractivity contribution in [2.75, 3.05) is 0 Å². The molecule has 1 aliphatic carbocycles. The van der Waals surface area contributed by atoms with E-state index in [1.807, 2.05) is 0 Å². The van der Waals surface area contributed by atoms with Crippen molar-refractivity contribution in [2.24, 2.45) is 0 Å². The summed E-state index contributed by atoms with van der Waals surface area (Å²) >= 11 is 0. The fraction of sp³-hybridized carbons (Fsp3) is 0.0385. The largest absolute Gasteiger partial charge is 0.314 e. The number of ketones is 2. The van der Waals surface area contributed by atoms with E-state index in [2.05, 4.69) is 15.3 Å². The molecule has 0 saturated carbocycles. The highest BCUT2D eigenvalue weighted by atomic mass is 19.1. The Morgan fingerprint density at radius 3 is 2.24 bits per heavy atom. The molecular weight excluding hydrogens is 479 g/mol. The van der Waals surface area contributed by atoms with Gasteiger partial charge in [0, 0.05) is 28.8 Å². The summed E-state index contributed by atoms with van der Waals surface area (Å²) in [5.41, 5.74) is 2.15. The van der Waals surface area contributed by atoms with Crippen LogP contribution in [-0.2, 0) is 6.54 Å². The highest BCUT2D eigenvalue weighted by Crippen LogP contribution is 2.32. The summed E-state index contributed by atoms with van der Waals surface area (Å²) in [5, 5.41) is 19.2. The van der Waals surface area contributed by atoms with Gasteiger partial charge in [0.05, 0.1) is 23.4 Å².